The van der Waals surface area contributed by atoms with Crippen LogP contribution in [0.15, 0.2) is 30.0 Å². The second kappa shape index (κ2) is 5.32. The normalized spacial score (nSPS) is 17.8. The molecular weight excluding hydrogens is 210 g/mol. The predicted molar refractivity (Wildman–Crippen MR) is 72.3 cm³/mol. The molecular formula is C14H21N3. The summed E-state index contributed by atoms with van der Waals surface area (Å²) in [5, 5.41) is 3.26. The van der Waals surface area contributed by atoms with Gasteiger partial charge in [-0.25, -0.2) is 4.98 Å². The minimum atomic E-state index is 0.373. The van der Waals surface area contributed by atoms with E-state index in [4.69, 9.17) is 0 Å². The van der Waals surface area contributed by atoms with Gasteiger partial charge >= 0.3 is 0 Å². The first-order valence-corrected chi connectivity index (χ1v) is 6.24. The molecule has 0 aliphatic carbocycles. The van der Waals surface area contributed by atoms with Crippen LogP contribution in [-0.4, -0.2) is 25.1 Å². The van der Waals surface area contributed by atoms with Crippen molar-refractivity contribution < 1.29 is 0 Å². The average molecular weight is 231 g/mol. The number of rotatable bonds is 3. The van der Waals surface area contributed by atoms with E-state index in [-0.39, 0.29) is 0 Å². The second-order valence-electron chi connectivity index (χ2n) is 4.72. The summed E-state index contributed by atoms with van der Waals surface area (Å²) < 4.78 is 0. The molecule has 3 heteroatoms. The van der Waals surface area contributed by atoms with Crippen molar-refractivity contribution in [2.45, 2.75) is 26.3 Å². The molecule has 0 radical (unpaired) electrons. The van der Waals surface area contributed by atoms with Gasteiger partial charge in [0.25, 0.3) is 0 Å². The number of nitrogens with zero attached hydrogens (tertiary/aromatic N) is 2. The largest absolute Gasteiger partial charge is 0.352 e. The summed E-state index contributed by atoms with van der Waals surface area (Å²) in [6.45, 7) is 6.43. The zero-order valence-electron chi connectivity index (χ0n) is 10.9. The van der Waals surface area contributed by atoms with Crippen LogP contribution in [0, 0.1) is 0 Å². The first-order valence-electron chi connectivity index (χ1n) is 6.24. The number of anilines is 1. The highest BCUT2D eigenvalue weighted by molar-refractivity contribution is 5.44. The molecule has 0 saturated heterocycles. The van der Waals surface area contributed by atoms with Crippen LogP contribution >= 0.6 is 0 Å². The number of hydrogen-bond acceptors (Lipinski definition) is 3. The van der Waals surface area contributed by atoms with Crippen molar-refractivity contribution in [3.8, 4) is 0 Å². The highest BCUT2D eigenvalue weighted by Gasteiger charge is 2.13. The van der Waals surface area contributed by atoms with Crippen LogP contribution in [0.5, 0.6) is 0 Å². The molecule has 1 N–H and O–H groups in total. The van der Waals surface area contributed by atoms with Crippen molar-refractivity contribution in [1.82, 2.24) is 10.3 Å². The highest BCUT2D eigenvalue weighted by Crippen LogP contribution is 2.21. The lowest BCUT2D eigenvalue weighted by Gasteiger charge is -2.27. The van der Waals surface area contributed by atoms with Gasteiger partial charge in [-0.15, -0.1) is 0 Å². The van der Waals surface area contributed by atoms with Crippen LogP contribution < -0.4 is 10.2 Å². The molecule has 1 atom stereocenters. The zero-order valence-corrected chi connectivity index (χ0v) is 10.9. The summed E-state index contributed by atoms with van der Waals surface area (Å²) >= 11 is 0. The topological polar surface area (TPSA) is 28.2 Å². The quantitative estimate of drug-likeness (QED) is 0.810. The van der Waals surface area contributed by atoms with Crippen molar-refractivity contribution in [3.63, 3.8) is 0 Å². The Hall–Kier alpha value is -1.35. The molecule has 1 unspecified atom stereocenters. The minimum Gasteiger partial charge on any atom is -0.352 e. The van der Waals surface area contributed by atoms with Crippen molar-refractivity contribution >= 4 is 5.82 Å². The molecule has 17 heavy (non-hydrogen) atoms. The fourth-order valence-electron chi connectivity index (χ4n) is 2.15. The SMILES string of the molecule is CNC(C)c1ccnc(N2CCC=C(C)C2)c1. The molecule has 0 spiro atoms. The maximum atomic E-state index is 4.49. The van der Waals surface area contributed by atoms with Gasteiger partial charge in [0.15, 0.2) is 0 Å². The molecule has 1 aliphatic rings. The molecule has 1 aliphatic heterocycles. The lowest BCUT2D eigenvalue weighted by atomic mass is 10.1. The highest BCUT2D eigenvalue weighted by atomic mass is 15.2. The third-order valence-electron chi connectivity index (χ3n) is 3.36. The van der Waals surface area contributed by atoms with E-state index in [1.54, 1.807) is 0 Å². The molecule has 3 nitrogen and oxygen atoms in total. The van der Waals surface area contributed by atoms with E-state index < -0.39 is 0 Å². The maximum Gasteiger partial charge on any atom is 0.129 e. The first-order chi connectivity index (χ1) is 8.20. The molecule has 92 valence electrons. The molecule has 0 aromatic carbocycles. The summed E-state index contributed by atoms with van der Waals surface area (Å²) in [7, 11) is 1.98. The van der Waals surface area contributed by atoms with Gasteiger partial charge in [0.05, 0.1) is 0 Å². The van der Waals surface area contributed by atoms with Crippen molar-refractivity contribution in [3.05, 3.63) is 35.5 Å². The molecule has 0 bridgehead atoms. The van der Waals surface area contributed by atoms with Crippen molar-refractivity contribution in [1.29, 1.82) is 0 Å². The molecule has 0 amide bonds. The molecule has 0 fully saturated rings. The third-order valence-corrected chi connectivity index (χ3v) is 3.36. The fourth-order valence-corrected chi connectivity index (χ4v) is 2.15. The Morgan fingerprint density at radius 1 is 1.47 bits per heavy atom. The van der Waals surface area contributed by atoms with Crippen LogP contribution in [0.2, 0.25) is 0 Å². The smallest absolute Gasteiger partial charge is 0.129 e. The second-order valence-corrected chi connectivity index (χ2v) is 4.72. The number of hydrogen-bond donors (Lipinski definition) is 1. The Morgan fingerprint density at radius 2 is 2.29 bits per heavy atom. The van der Waals surface area contributed by atoms with E-state index in [0.717, 1.165) is 25.3 Å². The van der Waals surface area contributed by atoms with E-state index in [0.29, 0.717) is 6.04 Å². The molecule has 1 aromatic rings. The molecule has 2 rings (SSSR count). The van der Waals surface area contributed by atoms with E-state index in [1.807, 2.05) is 13.2 Å². The fraction of sp³-hybridized carbons (Fsp3) is 0.500. The van der Waals surface area contributed by atoms with E-state index in [1.165, 1.54) is 11.1 Å². The Morgan fingerprint density at radius 3 is 3.00 bits per heavy atom. The van der Waals surface area contributed by atoms with Crippen molar-refractivity contribution in [2.24, 2.45) is 0 Å². The lowest BCUT2D eigenvalue weighted by Crippen LogP contribution is -2.30. The van der Waals surface area contributed by atoms with Gasteiger partial charge in [0.2, 0.25) is 0 Å². The van der Waals surface area contributed by atoms with Gasteiger partial charge in [-0.05, 0) is 45.0 Å². The lowest BCUT2D eigenvalue weighted by molar-refractivity contribution is 0.650. The number of aromatic nitrogens is 1. The molecule has 2 heterocycles. The Balaban J connectivity index is 2.18. The first kappa shape index (κ1) is 12.1. The molecule has 1 aromatic heterocycles. The average Bonchev–Trinajstić information content (AvgIpc) is 2.38. The van der Waals surface area contributed by atoms with Crippen LogP contribution in [0.4, 0.5) is 5.82 Å². The Kier molecular flexibility index (Phi) is 3.79. The van der Waals surface area contributed by atoms with E-state index >= 15 is 0 Å². The monoisotopic (exact) mass is 231 g/mol. The Labute approximate surface area is 104 Å². The standard InChI is InChI=1S/C14H21N3/c1-11-5-4-8-17(10-11)14-9-13(6-7-16-14)12(2)15-3/h5-7,9,12,15H,4,8,10H2,1-3H3. The van der Waals surface area contributed by atoms with Gasteiger partial charge in [0.1, 0.15) is 5.82 Å². The van der Waals surface area contributed by atoms with Crippen LogP contribution in [0.1, 0.15) is 31.9 Å². The van der Waals surface area contributed by atoms with Crippen molar-refractivity contribution in [2.75, 3.05) is 25.0 Å². The van der Waals surface area contributed by atoms with Gasteiger partial charge in [-0.1, -0.05) is 11.6 Å². The van der Waals surface area contributed by atoms with Gasteiger partial charge in [-0.2, -0.15) is 0 Å². The maximum absolute atomic E-state index is 4.49. The van der Waals surface area contributed by atoms with Gasteiger partial charge < -0.3 is 10.2 Å². The number of nitrogens with one attached hydrogen (secondary N) is 1. The predicted octanol–water partition coefficient (Wildman–Crippen LogP) is 2.52. The van der Waals surface area contributed by atoms with Crippen LogP contribution in [0.25, 0.3) is 0 Å². The van der Waals surface area contributed by atoms with Crippen LogP contribution in [-0.2, 0) is 0 Å². The summed E-state index contributed by atoms with van der Waals surface area (Å²) in [4.78, 5) is 6.83. The summed E-state index contributed by atoms with van der Waals surface area (Å²) in [5.41, 5.74) is 2.73. The zero-order chi connectivity index (χ0) is 12.3. The molecule has 0 saturated carbocycles. The number of pyridine rings is 1. The Bertz CT molecular complexity index is 412. The van der Waals surface area contributed by atoms with Crippen LogP contribution in [0.3, 0.4) is 0 Å². The van der Waals surface area contributed by atoms with E-state index in [2.05, 4.69) is 47.3 Å². The van der Waals surface area contributed by atoms with Gasteiger partial charge in [0, 0.05) is 25.3 Å². The minimum absolute atomic E-state index is 0.373. The third kappa shape index (κ3) is 2.86. The summed E-state index contributed by atoms with van der Waals surface area (Å²) in [5.74, 6) is 1.09. The summed E-state index contributed by atoms with van der Waals surface area (Å²) in [6.07, 6.45) is 5.35. The summed E-state index contributed by atoms with van der Waals surface area (Å²) in [6, 6.07) is 4.65. The van der Waals surface area contributed by atoms with E-state index in [9.17, 15) is 0 Å². The van der Waals surface area contributed by atoms with Gasteiger partial charge in [-0.3, -0.25) is 0 Å².